The van der Waals surface area contributed by atoms with Gasteiger partial charge >= 0.3 is 0 Å². The van der Waals surface area contributed by atoms with E-state index in [1.165, 1.54) is 0 Å². The molecule has 4 aliphatic rings. The minimum absolute atomic E-state index is 0.0800. The number of hydrogen-bond acceptors (Lipinski definition) is 4. The molecule has 0 aliphatic heterocycles. The van der Waals surface area contributed by atoms with Crippen LogP contribution in [-0.4, -0.2) is 39.4 Å². The third kappa shape index (κ3) is 1.94. The topological polar surface area (TPSA) is 77.8 Å². The third-order valence-electron chi connectivity index (χ3n) is 7.95. The normalized spacial score (nSPS) is 53.2. The van der Waals surface area contributed by atoms with Gasteiger partial charge in [0.05, 0.1) is 12.7 Å². The summed E-state index contributed by atoms with van der Waals surface area (Å²) in [7, 11) is 0. The van der Waals surface area contributed by atoms with Crippen molar-refractivity contribution in [1.29, 1.82) is 0 Å². The van der Waals surface area contributed by atoms with Crippen molar-refractivity contribution >= 4 is 5.78 Å². The molecule has 0 aromatic carbocycles. The smallest absolute Gasteiger partial charge is 0.178 e. The summed E-state index contributed by atoms with van der Waals surface area (Å²) < 4.78 is 0. The zero-order chi connectivity index (χ0) is 17.3. The number of allylic oxidation sites excluding steroid dienone is 3. The first kappa shape index (κ1) is 16.5. The summed E-state index contributed by atoms with van der Waals surface area (Å²) in [5, 5.41) is 31.7. The van der Waals surface area contributed by atoms with Crippen molar-refractivity contribution in [2.75, 3.05) is 6.61 Å². The maximum Gasteiger partial charge on any atom is 0.178 e. The van der Waals surface area contributed by atoms with Crippen LogP contribution in [0.15, 0.2) is 23.8 Å². The van der Waals surface area contributed by atoms with Crippen LogP contribution in [0.3, 0.4) is 0 Å². The van der Waals surface area contributed by atoms with Crippen LogP contribution in [0.1, 0.15) is 46.0 Å². The molecular formula is C20H28O4. The van der Waals surface area contributed by atoms with Crippen molar-refractivity contribution in [1.82, 2.24) is 0 Å². The molecule has 0 heterocycles. The molecule has 0 aromatic heterocycles. The summed E-state index contributed by atoms with van der Waals surface area (Å²) in [6, 6.07) is 0. The van der Waals surface area contributed by atoms with Crippen LogP contribution < -0.4 is 0 Å². The molecule has 0 bridgehead atoms. The van der Waals surface area contributed by atoms with Crippen molar-refractivity contribution in [2.45, 2.75) is 57.7 Å². The van der Waals surface area contributed by atoms with E-state index < -0.39 is 5.60 Å². The number of aliphatic hydroxyl groups excluding tert-OH is 2. The number of aliphatic hydroxyl groups is 3. The third-order valence-corrected chi connectivity index (χ3v) is 7.95. The van der Waals surface area contributed by atoms with E-state index in [0.717, 1.165) is 25.7 Å². The predicted octanol–water partition coefficient (Wildman–Crippen LogP) is 1.99. The number of hydrogen-bond donors (Lipinski definition) is 3. The summed E-state index contributed by atoms with van der Waals surface area (Å²) in [6.45, 7) is 3.94. The maximum absolute atomic E-state index is 11.9. The molecule has 132 valence electrons. The lowest BCUT2D eigenvalue weighted by Crippen LogP contribution is -2.58. The fourth-order valence-electron chi connectivity index (χ4n) is 6.59. The Kier molecular flexibility index (Phi) is 3.45. The summed E-state index contributed by atoms with van der Waals surface area (Å²) in [4.78, 5) is 11.9. The van der Waals surface area contributed by atoms with Crippen molar-refractivity contribution in [3.8, 4) is 0 Å². The number of carbonyl (C=O) groups is 1. The molecule has 0 saturated heterocycles. The minimum Gasteiger partial charge on any atom is -0.393 e. The van der Waals surface area contributed by atoms with Crippen LogP contribution in [0.5, 0.6) is 0 Å². The Hall–Kier alpha value is -0.970. The first-order valence-electron chi connectivity index (χ1n) is 9.22. The van der Waals surface area contributed by atoms with Gasteiger partial charge in [0.2, 0.25) is 0 Å². The molecule has 4 rings (SSSR count). The second-order valence-corrected chi connectivity index (χ2v) is 8.98. The van der Waals surface area contributed by atoms with Gasteiger partial charge in [-0.25, -0.2) is 0 Å². The minimum atomic E-state index is -1.33. The molecular weight excluding hydrogens is 304 g/mol. The highest BCUT2D eigenvalue weighted by atomic mass is 16.3. The van der Waals surface area contributed by atoms with Gasteiger partial charge in [-0.2, -0.15) is 0 Å². The highest BCUT2D eigenvalue weighted by Gasteiger charge is 2.62. The Morgan fingerprint density at radius 2 is 1.96 bits per heavy atom. The lowest BCUT2D eigenvalue weighted by molar-refractivity contribution is -0.123. The Morgan fingerprint density at radius 3 is 2.67 bits per heavy atom. The van der Waals surface area contributed by atoms with E-state index in [1.807, 2.05) is 6.08 Å². The van der Waals surface area contributed by atoms with Gasteiger partial charge in [0.1, 0.15) is 5.60 Å². The first-order valence-corrected chi connectivity index (χ1v) is 9.22. The maximum atomic E-state index is 11.9. The summed E-state index contributed by atoms with van der Waals surface area (Å²) in [5.74, 6) is 0.875. The molecule has 0 amide bonds. The number of fused-ring (bicyclic) bond motifs is 5. The molecule has 0 spiro atoms. The Labute approximate surface area is 143 Å². The van der Waals surface area contributed by atoms with E-state index in [9.17, 15) is 20.1 Å². The van der Waals surface area contributed by atoms with Gasteiger partial charge in [-0.15, -0.1) is 0 Å². The van der Waals surface area contributed by atoms with Crippen LogP contribution in [0.4, 0.5) is 0 Å². The van der Waals surface area contributed by atoms with Crippen LogP contribution >= 0.6 is 0 Å². The van der Waals surface area contributed by atoms with Crippen LogP contribution in [0.25, 0.3) is 0 Å². The lowest BCUT2D eigenvalue weighted by atomic mass is 9.45. The van der Waals surface area contributed by atoms with E-state index in [2.05, 4.69) is 13.8 Å². The molecule has 4 heteroatoms. The van der Waals surface area contributed by atoms with Crippen molar-refractivity contribution in [3.05, 3.63) is 23.8 Å². The van der Waals surface area contributed by atoms with Gasteiger partial charge in [0.15, 0.2) is 5.78 Å². The van der Waals surface area contributed by atoms with Gasteiger partial charge in [-0.3, -0.25) is 4.79 Å². The molecule has 4 nitrogen and oxygen atoms in total. The summed E-state index contributed by atoms with van der Waals surface area (Å²) in [5.41, 5.74) is -1.11. The number of rotatable bonds is 1. The van der Waals surface area contributed by atoms with Crippen molar-refractivity contribution in [3.63, 3.8) is 0 Å². The van der Waals surface area contributed by atoms with Crippen LogP contribution in [-0.2, 0) is 4.79 Å². The molecule has 24 heavy (non-hydrogen) atoms. The highest BCUT2D eigenvalue weighted by molar-refractivity contribution is 6.01. The van der Waals surface area contributed by atoms with E-state index in [-0.39, 0.29) is 35.2 Å². The summed E-state index contributed by atoms with van der Waals surface area (Å²) >= 11 is 0. The van der Waals surface area contributed by atoms with Gasteiger partial charge in [-0.05, 0) is 73.0 Å². The second kappa shape index (κ2) is 5.03. The number of carbonyl (C=O) groups excluding carboxylic acids is 1. The van der Waals surface area contributed by atoms with Gasteiger partial charge in [0, 0.05) is 5.41 Å². The van der Waals surface area contributed by atoms with Gasteiger partial charge < -0.3 is 15.3 Å². The van der Waals surface area contributed by atoms with Gasteiger partial charge in [-0.1, -0.05) is 19.9 Å². The summed E-state index contributed by atoms with van der Waals surface area (Å²) in [6.07, 6.45) is 9.13. The van der Waals surface area contributed by atoms with E-state index in [0.29, 0.717) is 23.8 Å². The van der Waals surface area contributed by atoms with E-state index in [1.54, 1.807) is 12.2 Å². The quantitative estimate of drug-likeness (QED) is 0.686. The zero-order valence-electron chi connectivity index (χ0n) is 14.5. The Balaban J connectivity index is 1.80. The molecule has 1 unspecified atom stereocenters. The van der Waals surface area contributed by atoms with Crippen LogP contribution in [0, 0.1) is 28.6 Å². The molecule has 0 radical (unpaired) electrons. The highest BCUT2D eigenvalue weighted by Crippen LogP contribution is 2.66. The first-order chi connectivity index (χ1) is 11.2. The molecule has 4 aliphatic carbocycles. The van der Waals surface area contributed by atoms with Crippen molar-refractivity contribution < 1.29 is 20.1 Å². The fraction of sp³-hybridized carbons (Fsp3) is 0.750. The van der Waals surface area contributed by atoms with Crippen molar-refractivity contribution in [2.24, 2.45) is 28.6 Å². The SMILES string of the molecule is C[C@]12CC[C@H]3[C@@H](CC(O)(CO)C4=CC(=O)C=C[C@@]43C)[C@@H]1CC[C@@H]2O. The van der Waals surface area contributed by atoms with Crippen LogP contribution in [0.2, 0.25) is 0 Å². The predicted molar refractivity (Wildman–Crippen MR) is 90.0 cm³/mol. The number of ketones is 1. The molecule has 3 N–H and O–H groups in total. The van der Waals surface area contributed by atoms with E-state index >= 15 is 0 Å². The van der Waals surface area contributed by atoms with Gasteiger partial charge in [0.25, 0.3) is 0 Å². The molecule has 0 aromatic rings. The largest absolute Gasteiger partial charge is 0.393 e. The molecule has 3 fully saturated rings. The fourth-order valence-corrected chi connectivity index (χ4v) is 6.59. The molecule has 3 saturated carbocycles. The Morgan fingerprint density at radius 1 is 1.21 bits per heavy atom. The zero-order valence-corrected chi connectivity index (χ0v) is 14.5. The average Bonchev–Trinajstić information content (AvgIpc) is 2.85. The Bertz CT molecular complexity index is 638. The lowest BCUT2D eigenvalue weighted by Gasteiger charge is -2.60. The standard InChI is InChI=1S/C20H28O4/c1-18-7-5-12(22)9-16(18)20(24,11-21)10-13-14-3-4-17(23)19(14,2)8-6-15(13)18/h5,7,9,13-15,17,21,23-24H,3-4,6,8,10-11H2,1-2H3/t13-,14-,15-,17-,18+,19-,20?/m0/s1. The average molecular weight is 332 g/mol. The second-order valence-electron chi connectivity index (χ2n) is 8.98. The van der Waals surface area contributed by atoms with E-state index in [4.69, 9.17) is 0 Å². The molecule has 7 atom stereocenters. The monoisotopic (exact) mass is 332 g/mol.